The molecule has 0 saturated carbocycles. The molecule has 1 aromatic carbocycles. The van der Waals surface area contributed by atoms with Crippen molar-refractivity contribution in [3.05, 3.63) is 66.5 Å². The van der Waals surface area contributed by atoms with Crippen LogP contribution in [0.5, 0.6) is 0 Å². The maximum atomic E-state index is 11.4. The van der Waals surface area contributed by atoms with Crippen LogP contribution in [0.15, 0.2) is 60.9 Å². The van der Waals surface area contributed by atoms with Gasteiger partial charge in [0.25, 0.3) is 0 Å². The first-order valence-corrected chi connectivity index (χ1v) is 9.21. The number of aromatic amines is 1. The van der Waals surface area contributed by atoms with Gasteiger partial charge >= 0.3 is 0 Å². The number of hydrogen-bond donors (Lipinski definition) is 1. The molecule has 0 unspecified atom stereocenters. The normalized spacial score (nSPS) is 11.2. The number of nitrogens with one attached hydrogen (secondary N) is 1. The Bertz CT molecular complexity index is 1350. The molecular formula is C22H18N6O. The molecule has 0 saturated heterocycles. The summed E-state index contributed by atoms with van der Waals surface area (Å²) in [6, 6.07) is 15.6. The van der Waals surface area contributed by atoms with Crippen molar-refractivity contribution in [1.82, 2.24) is 24.7 Å². The van der Waals surface area contributed by atoms with Crippen molar-refractivity contribution in [2.45, 2.75) is 0 Å². The Morgan fingerprint density at radius 3 is 2.76 bits per heavy atom. The molecule has 7 heteroatoms. The summed E-state index contributed by atoms with van der Waals surface area (Å²) in [6.45, 7) is 0. The fourth-order valence-corrected chi connectivity index (χ4v) is 3.73. The van der Waals surface area contributed by atoms with Crippen LogP contribution in [0.4, 0.5) is 11.5 Å². The van der Waals surface area contributed by atoms with Crippen molar-refractivity contribution < 1.29 is 4.79 Å². The standard InChI is InChI=1S/C22H18N6O/c1-27(19-8-3-4-10-24-19)18-7-5-6-15-21(26-28(2)22(15)18)17-12-16-20(25-17)14(13-29)9-11-23-16/h3-13,25H,1-2H3. The van der Waals surface area contributed by atoms with E-state index in [4.69, 9.17) is 5.10 Å². The van der Waals surface area contributed by atoms with E-state index >= 15 is 0 Å². The third kappa shape index (κ3) is 2.67. The van der Waals surface area contributed by atoms with Crippen LogP contribution in [0.1, 0.15) is 10.4 Å². The molecule has 142 valence electrons. The summed E-state index contributed by atoms with van der Waals surface area (Å²) in [4.78, 5) is 25.5. The lowest BCUT2D eigenvalue weighted by molar-refractivity contribution is 0.112. The molecule has 7 nitrogen and oxygen atoms in total. The quantitative estimate of drug-likeness (QED) is 0.474. The number of hydrogen-bond acceptors (Lipinski definition) is 5. The summed E-state index contributed by atoms with van der Waals surface area (Å²) < 4.78 is 1.87. The molecule has 0 atom stereocenters. The van der Waals surface area contributed by atoms with E-state index in [1.165, 1.54) is 0 Å². The van der Waals surface area contributed by atoms with Crippen LogP contribution in [-0.4, -0.2) is 38.1 Å². The second kappa shape index (κ2) is 6.56. The van der Waals surface area contributed by atoms with E-state index < -0.39 is 0 Å². The summed E-state index contributed by atoms with van der Waals surface area (Å²) in [5, 5.41) is 5.78. The second-order valence-electron chi connectivity index (χ2n) is 6.85. The predicted octanol–water partition coefficient (Wildman–Crippen LogP) is 4.09. The van der Waals surface area contributed by atoms with E-state index in [9.17, 15) is 4.79 Å². The van der Waals surface area contributed by atoms with Gasteiger partial charge in [-0.15, -0.1) is 0 Å². The lowest BCUT2D eigenvalue weighted by Crippen LogP contribution is -2.12. The molecule has 0 amide bonds. The molecule has 4 heterocycles. The van der Waals surface area contributed by atoms with E-state index in [2.05, 4.69) is 21.0 Å². The highest BCUT2D eigenvalue weighted by atomic mass is 16.1. The first-order chi connectivity index (χ1) is 14.2. The van der Waals surface area contributed by atoms with Crippen molar-refractivity contribution in [1.29, 1.82) is 0 Å². The van der Waals surface area contributed by atoms with Crippen LogP contribution in [0.2, 0.25) is 0 Å². The van der Waals surface area contributed by atoms with E-state index in [0.717, 1.165) is 51.1 Å². The minimum atomic E-state index is 0.581. The smallest absolute Gasteiger partial charge is 0.152 e. The minimum absolute atomic E-state index is 0.581. The van der Waals surface area contributed by atoms with E-state index in [0.29, 0.717) is 5.56 Å². The summed E-state index contributed by atoms with van der Waals surface area (Å²) in [7, 11) is 3.92. The third-order valence-electron chi connectivity index (χ3n) is 5.13. The summed E-state index contributed by atoms with van der Waals surface area (Å²) in [5.74, 6) is 0.855. The van der Waals surface area contributed by atoms with Gasteiger partial charge in [-0.3, -0.25) is 14.5 Å². The number of rotatable bonds is 4. The number of pyridine rings is 2. The van der Waals surface area contributed by atoms with Crippen molar-refractivity contribution in [2.75, 3.05) is 11.9 Å². The van der Waals surface area contributed by atoms with Crippen LogP contribution in [-0.2, 0) is 7.05 Å². The van der Waals surface area contributed by atoms with Crippen molar-refractivity contribution in [2.24, 2.45) is 7.05 Å². The summed E-state index contributed by atoms with van der Waals surface area (Å²) >= 11 is 0. The van der Waals surface area contributed by atoms with Gasteiger partial charge in [-0.1, -0.05) is 18.2 Å². The average Bonchev–Trinajstić information content (AvgIpc) is 3.35. The zero-order chi connectivity index (χ0) is 20.0. The van der Waals surface area contributed by atoms with Gasteiger partial charge in [-0.2, -0.15) is 5.10 Å². The van der Waals surface area contributed by atoms with Gasteiger partial charge in [-0.05, 0) is 30.3 Å². The van der Waals surface area contributed by atoms with Crippen molar-refractivity contribution in [3.63, 3.8) is 0 Å². The van der Waals surface area contributed by atoms with Crippen molar-refractivity contribution in [3.8, 4) is 11.4 Å². The lowest BCUT2D eigenvalue weighted by atomic mass is 10.1. The maximum absolute atomic E-state index is 11.4. The highest BCUT2D eigenvalue weighted by Gasteiger charge is 2.18. The van der Waals surface area contributed by atoms with Gasteiger partial charge in [0.2, 0.25) is 0 Å². The predicted molar refractivity (Wildman–Crippen MR) is 113 cm³/mol. The number of H-pyrrole nitrogens is 1. The van der Waals surface area contributed by atoms with E-state index in [-0.39, 0.29) is 0 Å². The summed E-state index contributed by atoms with van der Waals surface area (Å²) in [6.07, 6.45) is 4.25. The Hall–Kier alpha value is -4.00. The molecule has 0 aliphatic carbocycles. The Kier molecular flexibility index (Phi) is 3.87. The fourth-order valence-electron chi connectivity index (χ4n) is 3.73. The molecular weight excluding hydrogens is 364 g/mol. The number of aryl methyl sites for hydroxylation is 1. The van der Waals surface area contributed by atoms with Crippen LogP contribution < -0.4 is 4.90 Å². The molecule has 29 heavy (non-hydrogen) atoms. The van der Waals surface area contributed by atoms with Crippen LogP contribution in [0, 0.1) is 0 Å². The van der Waals surface area contributed by atoms with Gasteiger partial charge in [-0.25, -0.2) is 4.98 Å². The van der Waals surface area contributed by atoms with Crippen LogP contribution in [0.25, 0.3) is 33.3 Å². The van der Waals surface area contributed by atoms with Gasteiger partial charge in [0.15, 0.2) is 6.29 Å². The molecule has 0 aliphatic rings. The Balaban J connectivity index is 1.71. The van der Waals surface area contributed by atoms with Crippen LogP contribution >= 0.6 is 0 Å². The fraction of sp³-hybridized carbons (Fsp3) is 0.0909. The first kappa shape index (κ1) is 17.1. The molecule has 5 rings (SSSR count). The molecule has 0 bridgehead atoms. The topological polar surface area (TPSA) is 79.7 Å². The molecule has 5 aromatic rings. The van der Waals surface area contributed by atoms with Gasteiger partial charge in [0.1, 0.15) is 11.5 Å². The average molecular weight is 382 g/mol. The van der Waals surface area contributed by atoms with E-state index in [1.54, 1.807) is 18.5 Å². The number of fused-ring (bicyclic) bond motifs is 2. The van der Waals surface area contributed by atoms with Gasteiger partial charge in [0, 0.05) is 37.4 Å². The van der Waals surface area contributed by atoms with Crippen molar-refractivity contribution >= 4 is 39.7 Å². The number of nitrogens with zero attached hydrogens (tertiary/aromatic N) is 5. The Labute approximate surface area is 166 Å². The number of anilines is 2. The zero-order valence-corrected chi connectivity index (χ0v) is 16.0. The molecule has 4 aromatic heterocycles. The molecule has 0 fully saturated rings. The number of aldehydes is 1. The zero-order valence-electron chi connectivity index (χ0n) is 16.0. The molecule has 0 radical (unpaired) electrons. The number of carbonyl (C=O) groups excluding carboxylic acids is 1. The third-order valence-corrected chi connectivity index (χ3v) is 5.13. The van der Waals surface area contributed by atoms with Gasteiger partial charge < -0.3 is 9.88 Å². The Morgan fingerprint density at radius 2 is 1.97 bits per heavy atom. The molecule has 0 aliphatic heterocycles. The highest BCUT2D eigenvalue weighted by molar-refractivity contribution is 6.03. The van der Waals surface area contributed by atoms with Gasteiger partial charge in [0.05, 0.1) is 27.9 Å². The minimum Gasteiger partial charge on any atom is -0.351 e. The number of aromatic nitrogens is 5. The highest BCUT2D eigenvalue weighted by Crippen LogP contribution is 2.35. The molecule has 0 spiro atoms. The number of benzene rings is 1. The Morgan fingerprint density at radius 1 is 1.07 bits per heavy atom. The summed E-state index contributed by atoms with van der Waals surface area (Å²) in [5.41, 5.74) is 5.68. The first-order valence-electron chi connectivity index (χ1n) is 9.21. The molecule has 1 N–H and O–H groups in total. The van der Waals surface area contributed by atoms with E-state index in [1.807, 2.05) is 60.1 Å². The largest absolute Gasteiger partial charge is 0.351 e. The van der Waals surface area contributed by atoms with Crippen LogP contribution in [0.3, 0.4) is 0 Å². The monoisotopic (exact) mass is 382 g/mol. The maximum Gasteiger partial charge on any atom is 0.152 e. The number of para-hydroxylation sites is 1. The number of carbonyl (C=O) groups is 1. The SMILES string of the molecule is CN(c1ccccn1)c1cccc2c(-c3cc4nccc(C=O)c4[nH]3)nn(C)c12. The second-order valence-corrected chi connectivity index (χ2v) is 6.85. The lowest BCUT2D eigenvalue weighted by Gasteiger charge is -2.19.